The maximum Gasteiger partial charge on any atom is 0.0506 e. The Kier molecular flexibility index (Phi) is 3.19. The molecule has 76 valence electrons. The van der Waals surface area contributed by atoms with E-state index in [-0.39, 0.29) is 0 Å². The molecule has 1 unspecified atom stereocenters. The standard InChI is InChI=1S/C10H20N2O/c11-9-4-10(5-9)12-6-8-2-1-3-13-7-8/h8-10,12H,1-7,11H2. The van der Waals surface area contributed by atoms with E-state index < -0.39 is 0 Å². The van der Waals surface area contributed by atoms with Crippen LogP contribution in [-0.2, 0) is 4.74 Å². The third-order valence-corrected chi connectivity index (χ3v) is 3.12. The van der Waals surface area contributed by atoms with Gasteiger partial charge in [0.05, 0.1) is 6.61 Å². The number of rotatable bonds is 3. The van der Waals surface area contributed by atoms with Crippen molar-refractivity contribution in [3.8, 4) is 0 Å². The first kappa shape index (κ1) is 9.44. The number of nitrogens with two attached hydrogens (primary N) is 1. The normalized spacial score (nSPS) is 39.9. The van der Waals surface area contributed by atoms with Crippen LogP contribution in [0.25, 0.3) is 0 Å². The van der Waals surface area contributed by atoms with E-state index in [1.165, 1.54) is 12.8 Å². The van der Waals surface area contributed by atoms with Crippen LogP contribution in [0.4, 0.5) is 0 Å². The van der Waals surface area contributed by atoms with Crippen molar-refractivity contribution in [2.45, 2.75) is 37.8 Å². The summed E-state index contributed by atoms with van der Waals surface area (Å²) < 4.78 is 5.42. The summed E-state index contributed by atoms with van der Waals surface area (Å²) in [6, 6.07) is 1.15. The van der Waals surface area contributed by atoms with Crippen molar-refractivity contribution >= 4 is 0 Å². The van der Waals surface area contributed by atoms with Gasteiger partial charge < -0.3 is 15.8 Å². The lowest BCUT2D eigenvalue weighted by Gasteiger charge is -2.35. The van der Waals surface area contributed by atoms with Crippen LogP contribution in [0.3, 0.4) is 0 Å². The number of hydrogen-bond donors (Lipinski definition) is 2. The first-order valence-corrected chi connectivity index (χ1v) is 5.41. The van der Waals surface area contributed by atoms with Gasteiger partial charge in [0, 0.05) is 25.2 Å². The van der Waals surface area contributed by atoms with Crippen LogP contribution in [0.5, 0.6) is 0 Å². The van der Waals surface area contributed by atoms with Gasteiger partial charge in [0.1, 0.15) is 0 Å². The fourth-order valence-corrected chi connectivity index (χ4v) is 2.13. The Labute approximate surface area is 80.0 Å². The van der Waals surface area contributed by atoms with Gasteiger partial charge in [-0.3, -0.25) is 0 Å². The van der Waals surface area contributed by atoms with Crippen LogP contribution in [0.2, 0.25) is 0 Å². The fourth-order valence-electron chi connectivity index (χ4n) is 2.13. The van der Waals surface area contributed by atoms with Crippen LogP contribution < -0.4 is 11.1 Å². The molecule has 2 rings (SSSR count). The molecule has 2 aliphatic rings. The van der Waals surface area contributed by atoms with E-state index in [0.717, 1.165) is 38.5 Å². The molecular formula is C10H20N2O. The van der Waals surface area contributed by atoms with E-state index in [4.69, 9.17) is 10.5 Å². The average Bonchev–Trinajstić information content (AvgIpc) is 2.12. The minimum Gasteiger partial charge on any atom is -0.381 e. The molecule has 0 aromatic rings. The van der Waals surface area contributed by atoms with Gasteiger partial charge in [-0.15, -0.1) is 0 Å². The smallest absolute Gasteiger partial charge is 0.0506 e. The van der Waals surface area contributed by atoms with Gasteiger partial charge in [0.2, 0.25) is 0 Å². The average molecular weight is 184 g/mol. The summed E-state index contributed by atoms with van der Waals surface area (Å²) in [5, 5.41) is 3.56. The second-order valence-electron chi connectivity index (χ2n) is 4.42. The molecule has 2 fully saturated rings. The van der Waals surface area contributed by atoms with Crippen LogP contribution in [0.15, 0.2) is 0 Å². The number of ether oxygens (including phenoxy) is 1. The highest BCUT2D eigenvalue weighted by Crippen LogP contribution is 2.19. The minimum atomic E-state index is 0.458. The molecule has 3 N–H and O–H groups in total. The summed E-state index contributed by atoms with van der Waals surface area (Å²) in [4.78, 5) is 0. The highest BCUT2D eigenvalue weighted by Gasteiger charge is 2.26. The minimum absolute atomic E-state index is 0.458. The third-order valence-electron chi connectivity index (χ3n) is 3.12. The molecule has 0 bridgehead atoms. The second-order valence-corrected chi connectivity index (χ2v) is 4.42. The van der Waals surface area contributed by atoms with E-state index in [2.05, 4.69) is 5.32 Å². The molecule has 1 aliphatic heterocycles. The molecule has 0 amide bonds. The van der Waals surface area contributed by atoms with Crippen LogP contribution in [-0.4, -0.2) is 31.8 Å². The van der Waals surface area contributed by atoms with Crippen LogP contribution in [0.1, 0.15) is 25.7 Å². The first-order chi connectivity index (χ1) is 6.34. The fraction of sp³-hybridized carbons (Fsp3) is 1.00. The quantitative estimate of drug-likeness (QED) is 0.671. The predicted molar refractivity (Wildman–Crippen MR) is 52.5 cm³/mol. The Balaban J connectivity index is 1.56. The molecule has 0 aromatic carbocycles. The predicted octanol–water partition coefficient (Wildman–Crippen LogP) is 0.492. The number of nitrogens with one attached hydrogen (secondary N) is 1. The molecule has 0 radical (unpaired) electrons. The summed E-state index contributed by atoms with van der Waals surface area (Å²) >= 11 is 0. The summed E-state index contributed by atoms with van der Waals surface area (Å²) in [6.45, 7) is 3.04. The van der Waals surface area contributed by atoms with Crippen molar-refractivity contribution in [2.24, 2.45) is 11.7 Å². The molecule has 1 aliphatic carbocycles. The third kappa shape index (κ3) is 2.66. The Hall–Kier alpha value is -0.120. The lowest BCUT2D eigenvalue weighted by molar-refractivity contribution is 0.0522. The first-order valence-electron chi connectivity index (χ1n) is 5.41. The lowest BCUT2D eigenvalue weighted by Crippen LogP contribution is -2.50. The largest absolute Gasteiger partial charge is 0.381 e. The van der Waals surface area contributed by atoms with Gasteiger partial charge in [-0.05, 0) is 31.6 Å². The van der Waals surface area contributed by atoms with Gasteiger partial charge in [-0.2, -0.15) is 0 Å². The van der Waals surface area contributed by atoms with Crippen molar-refractivity contribution in [3.63, 3.8) is 0 Å². The van der Waals surface area contributed by atoms with Gasteiger partial charge in [-0.1, -0.05) is 0 Å². The Morgan fingerprint density at radius 3 is 2.85 bits per heavy atom. The SMILES string of the molecule is NC1CC(NCC2CCCOC2)C1. The molecule has 3 nitrogen and oxygen atoms in total. The molecule has 1 saturated carbocycles. The zero-order valence-electron chi connectivity index (χ0n) is 8.17. The van der Waals surface area contributed by atoms with E-state index in [0.29, 0.717) is 12.1 Å². The molecule has 3 heteroatoms. The van der Waals surface area contributed by atoms with E-state index in [9.17, 15) is 0 Å². The highest BCUT2D eigenvalue weighted by atomic mass is 16.5. The monoisotopic (exact) mass is 184 g/mol. The zero-order valence-corrected chi connectivity index (χ0v) is 8.17. The summed E-state index contributed by atoms with van der Waals surface area (Å²) in [6.07, 6.45) is 4.88. The van der Waals surface area contributed by atoms with Crippen molar-refractivity contribution in [1.82, 2.24) is 5.32 Å². The van der Waals surface area contributed by atoms with Gasteiger partial charge in [-0.25, -0.2) is 0 Å². The Morgan fingerprint density at radius 1 is 1.38 bits per heavy atom. The lowest BCUT2D eigenvalue weighted by atomic mass is 9.87. The van der Waals surface area contributed by atoms with Crippen LogP contribution >= 0.6 is 0 Å². The van der Waals surface area contributed by atoms with Gasteiger partial charge in [0.15, 0.2) is 0 Å². The molecule has 0 aromatic heterocycles. The van der Waals surface area contributed by atoms with Crippen molar-refractivity contribution in [1.29, 1.82) is 0 Å². The molecule has 1 saturated heterocycles. The topological polar surface area (TPSA) is 47.3 Å². The molecule has 0 spiro atoms. The maximum absolute atomic E-state index is 5.71. The Bertz CT molecular complexity index is 151. The van der Waals surface area contributed by atoms with Crippen LogP contribution in [0, 0.1) is 5.92 Å². The number of hydrogen-bond acceptors (Lipinski definition) is 3. The Morgan fingerprint density at radius 2 is 2.23 bits per heavy atom. The highest BCUT2D eigenvalue weighted by molar-refractivity contribution is 4.88. The van der Waals surface area contributed by atoms with Gasteiger partial charge in [0.25, 0.3) is 0 Å². The zero-order chi connectivity index (χ0) is 9.10. The summed E-state index contributed by atoms with van der Waals surface area (Å²) in [7, 11) is 0. The molecule has 13 heavy (non-hydrogen) atoms. The van der Waals surface area contributed by atoms with Crippen molar-refractivity contribution in [2.75, 3.05) is 19.8 Å². The molecular weight excluding hydrogens is 164 g/mol. The molecule has 1 heterocycles. The van der Waals surface area contributed by atoms with E-state index in [1.807, 2.05) is 0 Å². The van der Waals surface area contributed by atoms with Crippen molar-refractivity contribution < 1.29 is 4.74 Å². The second kappa shape index (κ2) is 4.40. The molecule has 1 atom stereocenters. The summed E-state index contributed by atoms with van der Waals surface area (Å²) in [5.41, 5.74) is 5.71. The maximum atomic E-state index is 5.71. The summed E-state index contributed by atoms with van der Waals surface area (Å²) in [5.74, 6) is 0.741. The van der Waals surface area contributed by atoms with E-state index in [1.54, 1.807) is 0 Å². The van der Waals surface area contributed by atoms with Gasteiger partial charge >= 0.3 is 0 Å². The van der Waals surface area contributed by atoms with Crippen molar-refractivity contribution in [3.05, 3.63) is 0 Å². The van der Waals surface area contributed by atoms with E-state index >= 15 is 0 Å².